The van der Waals surface area contributed by atoms with E-state index in [0.29, 0.717) is 12.5 Å². The van der Waals surface area contributed by atoms with Crippen molar-refractivity contribution in [1.29, 1.82) is 0 Å². The standard InChI is InChI=1S/C24H38N4O5S/c1-24(2,23(31)28(25)34(3,32)33)26-21(29)19-15-18-13-9-4-5-10-14-20(18)27(22(19)30)16-17-11-7-6-8-12-17/h15,17H,4-14,16,25H2,1-3H3,(H,26,29). The maximum absolute atomic E-state index is 13.6. The number of nitrogens with one attached hydrogen (secondary N) is 1. The predicted octanol–water partition coefficient (Wildman–Crippen LogP) is 2.26. The number of nitrogens with zero attached hydrogens (tertiary/aromatic N) is 2. The third-order valence-electron chi connectivity index (χ3n) is 7.03. The van der Waals surface area contributed by atoms with Gasteiger partial charge in [-0.1, -0.05) is 32.1 Å². The number of hydrogen-bond donors (Lipinski definition) is 2. The van der Waals surface area contributed by atoms with Crippen LogP contribution in [0.15, 0.2) is 10.9 Å². The van der Waals surface area contributed by atoms with Crippen molar-refractivity contribution in [2.75, 3.05) is 6.26 Å². The number of fused-ring (bicyclic) bond motifs is 1. The summed E-state index contributed by atoms with van der Waals surface area (Å²) in [6, 6.07) is 1.67. The molecule has 0 atom stereocenters. The average Bonchev–Trinajstić information content (AvgIpc) is 2.75. The first kappa shape index (κ1) is 26.4. The molecule has 1 saturated carbocycles. The third kappa shape index (κ3) is 6.07. The summed E-state index contributed by atoms with van der Waals surface area (Å²) < 4.78 is 25.3. The Morgan fingerprint density at radius 3 is 2.29 bits per heavy atom. The normalized spacial score (nSPS) is 17.9. The molecule has 0 unspecified atom stereocenters. The number of pyridine rings is 1. The van der Waals surface area contributed by atoms with Gasteiger partial charge in [-0.25, -0.2) is 14.3 Å². The summed E-state index contributed by atoms with van der Waals surface area (Å²) in [6.07, 6.45) is 12.4. The highest BCUT2D eigenvalue weighted by atomic mass is 32.2. The Bertz CT molecular complexity index is 1090. The van der Waals surface area contributed by atoms with Crippen LogP contribution < -0.4 is 16.7 Å². The molecule has 0 aromatic carbocycles. The smallest absolute Gasteiger partial charge is 0.275 e. The van der Waals surface area contributed by atoms with E-state index >= 15 is 0 Å². The van der Waals surface area contributed by atoms with Crippen LogP contribution in [0.3, 0.4) is 0 Å². The van der Waals surface area contributed by atoms with Gasteiger partial charge in [-0.05, 0) is 69.9 Å². The van der Waals surface area contributed by atoms with Crippen molar-refractivity contribution < 1.29 is 18.0 Å². The van der Waals surface area contributed by atoms with Crippen LogP contribution in [0.25, 0.3) is 0 Å². The molecule has 1 aromatic heterocycles. The summed E-state index contributed by atoms with van der Waals surface area (Å²) in [5.74, 6) is 4.18. The fourth-order valence-electron chi connectivity index (χ4n) is 5.05. The SMILES string of the molecule is CC(C)(NC(=O)c1cc2c(n(CC3CCCCC3)c1=O)CCCCCC2)C(=O)N(N)S(C)(=O)=O. The summed E-state index contributed by atoms with van der Waals surface area (Å²) in [4.78, 5) is 39.5. The summed E-state index contributed by atoms with van der Waals surface area (Å²) in [5, 5.41) is 2.54. The van der Waals surface area contributed by atoms with Crippen molar-refractivity contribution in [3.05, 3.63) is 33.2 Å². The lowest BCUT2D eigenvalue weighted by Crippen LogP contribution is -2.59. The second-order valence-corrected chi connectivity index (χ2v) is 12.2. The monoisotopic (exact) mass is 494 g/mol. The summed E-state index contributed by atoms with van der Waals surface area (Å²) in [6.45, 7) is 3.34. The summed E-state index contributed by atoms with van der Waals surface area (Å²) in [7, 11) is -3.99. The van der Waals surface area contributed by atoms with Gasteiger partial charge in [0.2, 0.25) is 10.0 Å². The van der Waals surface area contributed by atoms with Crippen LogP contribution in [0, 0.1) is 5.92 Å². The number of aryl methyl sites for hydroxylation is 1. The zero-order valence-electron chi connectivity index (χ0n) is 20.6. The molecule has 0 radical (unpaired) electrons. The Morgan fingerprint density at radius 2 is 1.68 bits per heavy atom. The highest BCUT2D eigenvalue weighted by Gasteiger charge is 2.37. The minimum Gasteiger partial charge on any atom is -0.338 e. The predicted molar refractivity (Wildman–Crippen MR) is 131 cm³/mol. The highest BCUT2D eigenvalue weighted by Crippen LogP contribution is 2.27. The minimum atomic E-state index is -3.99. The van der Waals surface area contributed by atoms with E-state index in [1.165, 1.54) is 20.3 Å². The molecule has 2 aliphatic rings. The molecule has 0 saturated heterocycles. The molecule has 2 amide bonds. The fraction of sp³-hybridized carbons (Fsp3) is 0.708. The molecule has 2 aliphatic carbocycles. The molecule has 0 spiro atoms. The number of hydrazine groups is 1. The number of aromatic nitrogens is 1. The molecular weight excluding hydrogens is 456 g/mol. The molecule has 3 N–H and O–H groups in total. The molecule has 1 heterocycles. The molecule has 34 heavy (non-hydrogen) atoms. The number of carbonyl (C=O) groups is 2. The van der Waals surface area contributed by atoms with Gasteiger partial charge in [-0.3, -0.25) is 14.4 Å². The molecule has 3 rings (SSSR count). The fourth-order valence-corrected chi connectivity index (χ4v) is 5.58. The Morgan fingerprint density at radius 1 is 1.09 bits per heavy atom. The van der Waals surface area contributed by atoms with Crippen molar-refractivity contribution in [3.63, 3.8) is 0 Å². The Labute approximate surface area is 202 Å². The lowest BCUT2D eigenvalue weighted by Gasteiger charge is -2.29. The van der Waals surface area contributed by atoms with Crippen LogP contribution in [0.5, 0.6) is 0 Å². The molecule has 10 heteroatoms. The van der Waals surface area contributed by atoms with Gasteiger partial charge in [0, 0.05) is 12.2 Å². The van der Waals surface area contributed by atoms with E-state index in [0.717, 1.165) is 81.7 Å². The maximum atomic E-state index is 13.6. The van der Waals surface area contributed by atoms with Gasteiger partial charge >= 0.3 is 0 Å². The van der Waals surface area contributed by atoms with Crippen molar-refractivity contribution in [3.8, 4) is 0 Å². The van der Waals surface area contributed by atoms with E-state index in [1.807, 2.05) is 4.57 Å². The van der Waals surface area contributed by atoms with E-state index in [4.69, 9.17) is 5.84 Å². The van der Waals surface area contributed by atoms with Gasteiger partial charge in [-0.2, -0.15) is 4.41 Å². The Balaban J connectivity index is 1.97. The number of hydrogen-bond acceptors (Lipinski definition) is 6. The van der Waals surface area contributed by atoms with Crippen LogP contribution in [0.4, 0.5) is 0 Å². The topological polar surface area (TPSA) is 132 Å². The average molecular weight is 495 g/mol. The third-order valence-corrected chi connectivity index (χ3v) is 7.91. The zero-order chi connectivity index (χ0) is 25.1. The van der Waals surface area contributed by atoms with E-state index in [-0.39, 0.29) is 15.5 Å². The zero-order valence-corrected chi connectivity index (χ0v) is 21.4. The number of rotatable bonds is 6. The van der Waals surface area contributed by atoms with Crippen molar-refractivity contribution in [2.45, 2.75) is 96.6 Å². The highest BCUT2D eigenvalue weighted by molar-refractivity contribution is 7.88. The van der Waals surface area contributed by atoms with Gasteiger partial charge in [0.25, 0.3) is 17.4 Å². The molecule has 9 nitrogen and oxygen atoms in total. The van der Waals surface area contributed by atoms with Crippen LogP contribution in [0.1, 0.15) is 93.3 Å². The van der Waals surface area contributed by atoms with Gasteiger partial charge in [-0.15, -0.1) is 0 Å². The second-order valence-electron chi connectivity index (χ2n) is 10.3. The number of amides is 2. The van der Waals surface area contributed by atoms with E-state index in [9.17, 15) is 22.8 Å². The van der Waals surface area contributed by atoms with Gasteiger partial charge in [0.05, 0.1) is 6.26 Å². The Kier molecular flexibility index (Phi) is 8.23. The van der Waals surface area contributed by atoms with Crippen LogP contribution >= 0.6 is 0 Å². The van der Waals surface area contributed by atoms with Crippen LogP contribution in [-0.4, -0.2) is 41.0 Å². The molecule has 190 valence electrons. The molecule has 1 aromatic rings. The lowest BCUT2D eigenvalue weighted by atomic mass is 9.88. The quantitative estimate of drug-likeness (QED) is 0.354. The number of carbonyl (C=O) groups excluding carboxylic acids is 2. The number of nitrogens with two attached hydrogens (primary N) is 1. The second kappa shape index (κ2) is 10.6. The first-order valence-corrected chi connectivity index (χ1v) is 14.1. The first-order chi connectivity index (χ1) is 15.9. The van der Waals surface area contributed by atoms with Gasteiger partial charge < -0.3 is 9.88 Å². The molecule has 1 fully saturated rings. The van der Waals surface area contributed by atoms with Crippen LogP contribution in [-0.2, 0) is 34.2 Å². The maximum Gasteiger partial charge on any atom is 0.275 e. The van der Waals surface area contributed by atoms with Crippen LogP contribution in [0.2, 0.25) is 0 Å². The van der Waals surface area contributed by atoms with Gasteiger partial charge in [0.1, 0.15) is 11.1 Å². The van der Waals surface area contributed by atoms with E-state index < -0.39 is 27.4 Å². The first-order valence-electron chi connectivity index (χ1n) is 12.3. The molecule has 0 aliphatic heterocycles. The molecular formula is C24H38N4O5S. The minimum absolute atomic E-state index is 0.0149. The van der Waals surface area contributed by atoms with E-state index in [2.05, 4.69) is 5.32 Å². The lowest BCUT2D eigenvalue weighted by molar-refractivity contribution is -0.132. The van der Waals surface area contributed by atoms with Gasteiger partial charge in [0.15, 0.2) is 0 Å². The Hall–Kier alpha value is -2.20. The number of sulfonamides is 1. The summed E-state index contributed by atoms with van der Waals surface area (Å²) in [5.41, 5.74) is 0.0606. The largest absolute Gasteiger partial charge is 0.338 e. The van der Waals surface area contributed by atoms with Crippen molar-refractivity contribution in [1.82, 2.24) is 14.3 Å². The van der Waals surface area contributed by atoms with E-state index in [1.54, 1.807) is 6.07 Å². The summed E-state index contributed by atoms with van der Waals surface area (Å²) >= 11 is 0. The molecule has 0 bridgehead atoms. The van der Waals surface area contributed by atoms with Crippen molar-refractivity contribution >= 4 is 21.8 Å². The van der Waals surface area contributed by atoms with Crippen molar-refractivity contribution in [2.24, 2.45) is 11.8 Å².